The van der Waals surface area contributed by atoms with E-state index in [1.54, 1.807) is 30.3 Å². The Labute approximate surface area is 88.0 Å². The maximum absolute atomic E-state index is 9.66. The molecular weight excluding hydrogens is 194 g/mol. The molecule has 0 aromatic heterocycles. The van der Waals surface area contributed by atoms with Crippen molar-refractivity contribution in [1.29, 1.82) is 5.26 Å². The third kappa shape index (κ3) is 3.03. The SMILES string of the molecule is N#CCC(O)C(O)c1cccc(CO)c1. The van der Waals surface area contributed by atoms with E-state index >= 15 is 0 Å². The zero-order valence-corrected chi connectivity index (χ0v) is 8.17. The van der Waals surface area contributed by atoms with E-state index in [4.69, 9.17) is 10.4 Å². The molecule has 15 heavy (non-hydrogen) atoms. The van der Waals surface area contributed by atoms with E-state index in [0.29, 0.717) is 11.1 Å². The molecule has 0 aliphatic carbocycles. The predicted molar refractivity (Wildman–Crippen MR) is 53.6 cm³/mol. The number of rotatable bonds is 4. The van der Waals surface area contributed by atoms with Crippen LogP contribution < -0.4 is 0 Å². The van der Waals surface area contributed by atoms with E-state index in [1.807, 2.05) is 0 Å². The Bertz CT molecular complexity index is 359. The molecule has 0 fully saturated rings. The highest BCUT2D eigenvalue weighted by Gasteiger charge is 2.17. The molecule has 4 heteroatoms. The molecule has 0 aliphatic rings. The van der Waals surface area contributed by atoms with Crippen molar-refractivity contribution in [3.05, 3.63) is 35.4 Å². The Morgan fingerprint density at radius 1 is 1.33 bits per heavy atom. The quantitative estimate of drug-likeness (QED) is 0.670. The fourth-order valence-corrected chi connectivity index (χ4v) is 1.30. The first-order chi connectivity index (χ1) is 7.19. The molecule has 3 N–H and O–H groups in total. The van der Waals surface area contributed by atoms with Gasteiger partial charge < -0.3 is 15.3 Å². The van der Waals surface area contributed by atoms with Gasteiger partial charge in [-0.15, -0.1) is 0 Å². The minimum atomic E-state index is -1.09. The summed E-state index contributed by atoms with van der Waals surface area (Å²) in [4.78, 5) is 0. The standard InChI is InChI=1S/C11H13NO3/c12-5-4-10(14)11(15)9-3-1-2-8(6-9)7-13/h1-3,6,10-11,13-15H,4,7H2. The molecule has 0 saturated heterocycles. The lowest BCUT2D eigenvalue weighted by molar-refractivity contribution is 0.0215. The van der Waals surface area contributed by atoms with Crippen molar-refractivity contribution in [1.82, 2.24) is 0 Å². The largest absolute Gasteiger partial charge is 0.392 e. The summed E-state index contributed by atoms with van der Waals surface area (Å²) in [6.07, 6.45) is -2.30. The molecule has 0 heterocycles. The van der Waals surface area contributed by atoms with Crippen LogP contribution in [0.4, 0.5) is 0 Å². The van der Waals surface area contributed by atoms with Gasteiger partial charge in [-0.05, 0) is 11.1 Å². The van der Waals surface area contributed by atoms with Gasteiger partial charge in [-0.3, -0.25) is 0 Å². The summed E-state index contributed by atoms with van der Waals surface area (Å²) >= 11 is 0. The normalized spacial score (nSPS) is 14.3. The Morgan fingerprint density at radius 2 is 2.07 bits per heavy atom. The summed E-state index contributed by atoms with van der Waals surface area (Å²) in [6, 6.07) is 8.43. The number of benzene rings is 1. The van der Waals surface area contributed by atoms with E-state index in [1.165, 1.54) is 0 Å². The fraction of sp³-hybridized carbons (Fsp3) is 0.364. The zero-order chi connectivity index (χ0) is 11.3. The summed E-state index contributed by atoms with van der Waals surface area (Å²) in [6.45, 7) is -0.116. The van der Waals surface area contributed by atoms with Crippen molar-refractivity contribution >= 4 is 0 Å². The van der Waals surface area contributed by atoms with Crippen LogP contribution in [-0.2, 0) is 6.61 Å². The molecule has 80 valence electrons. The molecule has 0 radical (unpaired) electrons. The monoisotopic (exact) mass is 207 g/mol. The number of aliphatic hydroxyl groups is 3. The Balaban J connectivity index is 2.81. The summed E-state index contributed by atoms with van der Waals surface area (Å²) in [5.74, 6) is 0. The lowest BCUT2D eigenvalue weighted by Gasteiger charge is -2.15. The van der Waals surface area contributed by atoms with Gasteiger partial charge in [0.1, 0.15) is 6.10 Å². The molecule has 2 atom stereocenters. The molecule has 4 nitrogen and oxygen atoms in total. The third-order valence-electron chi connectivity index (χ3n) is 2.14. The van der Waals surface area contributed by atoms with E-state index in [9.17, 15) is 10.2 Å². The highest BCUT2D eigenvalue weighted by molar-refractivity contribution is 5.25. The van der Waals surface area contributed by atoms with Crippen LogP contribution in [0.15, 0.2) is 24.3 Å². The number of hydrogen-bond acceptors (Lipinski definition) is 4. The van der Waals surface area contributed by atoms with Crippen LogP contribution in [0.25, 0.3) is 0 Å². The van der Waals surface area contributed by atoms with E-state index in [-0.39, 0.29) is 13.0 Å². The predicted octanol–water partition coefficient (Wildman–Crippen LogP) is 0.487. The van der Waals surface area contributed by atoms with Crippen LogP contribution in [0.1, 0.15) is 23.7 Å². The highest BCUT2D eigenvalue weighted by Crippen LogP contribution is 2.19. The lowest BCUT2D eigenvalue weighted by atomic mass is 10.0. The maximum Gasteiger partial charge on any atom is 0.106 e. The molecule has 0 aliphatic heterocycles. The van der Waals surface area contributed by atoms with Crippen LogP contribution in [0, 0.1) is 11.3 Å². The number of aliphatic hydroxyl groups excluding tert-OH is 3. The second-order valence-electron chi connectivity index (χ2n) is 3.28. The second kappa shape index (κ2) is 5.47. The first-order valence-electron chi connectivity index (χ1n) is 4.61. The molecule has 1 aromatic rings. The van der Waals surface area contributed by atoms with Gasteiger partial charge in [-0.25, -0.2) is 0 Å². The van der Waals surface area contributed by atoms with Crippen LogP contribution in [0.3, 0.4) is 0 Å². The van der Waals surface area contributed by atoms with Gasteiger partial charge in [0.05, 0.1) is 25.2 Å². The first-order valence-corrected chi connectivity index (χ1v) is 4.61. The minimum absolute atomic E-state index is 0.116. The van der Waals surface area contributed by atoms with Gasteiger partial charge >= 0.3 is 0 Å². The van der Waals surface area contributed by atoms with Crippen molar-refractivity contribution in [2.75, 3.05) is 0 Å². The first kappa shape index (κ1) is 11.7. The average molecular weight is 207 g/mol. The smallest absolute Gasteiger partial charge is 0.106 e. The van der Waals surface area contributed by atoms with Crippen molar-refractivity contribution < 1.29 is 15.3 Å². The third-order valence-corrected chi connectivity index (χ3v) is 2.14. The molecule has 0 saturated carbocycles. The van der Waals surface area contributed by atoms with Crippen molar-refractivity contribution in [3.63, 3.8) is 0 Å². The number of hydrogen-bond donors (Lipinski definition) is 3. The molecular formula is C11H13NO3. The van der Waals surface area contributed by atoms with Gasteiger partial charge in [-0.1, -0.05) is 24.3 Å². The van der Waals surface area contributed by atoms with Gasteiger partial charge in [-0.2, -0.15) is 5.26 Å². The summed E-state index contributed by atoms with van der Waals surface area (Å²) < 4.78 is 0. The van der Waals surface area contributed by atoms with Crippen molar-refractivity contribution in [2.45, 2.75) is 25.2 Å². The lowest BCUT2D eigenvalue weighted by Crippen LogP contribution is -2.17. The van der Waals surface area contributed by atoms with E-state index < -0.39 is 12.2 Å². The number of nitriles is 1. The molecule has 0 bridgehead atoms. The summed E-state index contributed by atoms with van der Waals surface area (Å²) in [5.41, 5.74) is 1.17. The van der Waals surface area contributed by atoms with E-state index in [2.05, 4.69) is 0 Å². The highest BCUT2D eigenvalue weighted by atomic mass is 16.3. The van der Waals surface area contributed by atoms with Crippen molar-refractivity contribution in [3.8, 4) is 6.07 Å². The molecule has 1 aromatic carbocycles. The van der Waals surface area contributed by atoms with Crippen LogP contribution in [0.5, 0.6) is 0 Å². The van der Waals surface area contributed by atoms with Gasteiger partial charge in [0.25, 0.3) is 0 Å². The Hall–Kier alpha value is -1.41. The van der Waals surface area contributed by atoms with Gasteiger partial charge in [0.15, 0.2) is 0 Å². The van der Waals surface area contributed by atoms with Gasteiger partial charge in [0, 0.05) is 0 Å². The van der Waals surface area contributed by atoms with Crippen LogP contribution in [0.2, 0.25) is 0 Å². The Kier molecular flexibility index (Phi) is 4.25. The summed E-state index contributed by atoms with van der Waals surface area (Å²) in [5, 5.41) is 36.3. The second-order valence-corrected chi connectivity index (χ2v) is 3.28. The van der Waals surface area contributed by atoms with Crippen molar-refractivity contribution in [2.24, 2.45) is 0 Å². The fourth-order valence-electron chi connectivity index (χ4n) is 1.30. The maximum atomic E-state index is 9.66. The molecule has 0 amide bonds. The summed E-state index contributed by atoms with van der Waals surface area (Å²) in [7, 11) is 0. The molecule has 0 spiro atoms. The molecule has 2 unspecified atom stereocenters. The minimum Gasteiger partial charge on any atom is -0.392 e. The Morgan fingerprint density at radius 3 is 2.67 bits per heavy atom. The van der Waals surface area contributed by atoms with Crippen LogP contribution in [-0.4, -0.2) is 21.4 Å². The van der Waals surface area contributed by atoms with Gasteiger partial charge in [0.2, 0.25) is 0 Å². The number of nitrogens with zero attached hydrogens (tertiary/aromatic N) is 1. The van der Waals surface area contributed by atoms with Crippen LogP contribution >= 0.6 is 0 Å². The molecule has 1 rings (SSSR count). The zero-order valence-electron chi connectivity index (χ0n) is 8.17. The van der Waals surface area contributed by atoms with E-state index in [0.717, 1.165) is 0 Å². The average Bonchev–Trinajstić information content (AvgIpc) is 2.28. The topological polar surface area (TPSA) is 84.5 Å².